The number of carbonyl (C=O) groups is 1. The molecule has 0 radical (unpaired) electrons. The van der Waals surface area contributed by atoms with Crippen LogP contribution < -0.4 is 0 Å². The molecule has 1 aromatic rings. The molecule has 112 valence electrons. The molecule has 0 saturated carbocycles. The summed E-state index contributed by atoms with van der Waals surface area (Å²) in [6.07, 6.45) is 0.606. The predicted octanol–water partition coefficient (Wildman–Crippen LogP) is 1.90. The number of piperazine rings is 1. The topological polar surface area (TPSA) is 57.7 Å². The number of sulfonamides is 1. The molecule has 5 nitrogen and oxygen atoms in total. The maximum atomic E-state index is 12.2. The van der Waals surface area contributed by atoms with E-state index in [4.69, 9.17) is 11.6 Å². The molecule has 20 heavy (non-hydrogen) atoms. The van der Waals surface area contributed by atoms with E-state index < -0.39 is 10.0 Å². The highest BCUT2D eigenvalue weighted by Crippen LogP contribution is 2.23. The van der Waals surface area contributed by atoms with Gasteiger partial charge in [-0.1, -0.05) is 18.5 Å². The Hall–Kier alpha value is -0.630. The molecule has 2 heterocycles. The summed E-state index contributed by atoms with van der Waals surface area (Å²) in [5.74, 6) is 0.0935. The quantitative estimate of drug-likeness (QED) is 0.843. The summed E-state index contributed by atoms with van der Waals surface area (Å²) >= 11 is 7.07. The number of nitrogens with zero attached hydrogens (tertiary/aromatic N) is 2. The van der Waals surface area contributed by atoms with Gasteiger partial charge in [-0.05, 0) is 18.6 Å². The summed E-state index contributed by atoms with van der Waals surface area (Å²) in [6, 6.07) is 3.40. The lowest BCUT2D eigenvalue weighted by molar-refractivity contribution is 0.0703. The Kier molecular flexibility index (Phi) is 5.06. The van der Waals surface area contributed by atoms with E-state index in [1.54, 1.807) is 17.0 Å². The zero-order chi connectivity index (χ0) is 14.8. The van der Waals surface area contributed by atoms with E-state index in [2.05, 4.69) is 0 Å². The Balaban J connectivity index is 1.96. The Morgan fingerprint density at radius 2 is 1.95 bits per heavy atom. The van der Waals surface area contributed by atoms with E-state index in [9.17, 15) is 13.2 Å². The molecule has 0 spiro atoms. The Bertz CT molecular complexity index is 577. The van der Waals surface area contributed by atoms with Gasteiger partial charge in [0.1, 0.15) is 0 Å². The molecule has 0 N–H and O–H groups in total. The number of rotatable bonds is 4. The van der Waals surface area contributed by atoms with Crippen LogP contribution in [0.1, 0.15) is 23.0 Å². The molecular formula is C12H17ClN2O3S2. The molecule has 0 atom stereocenters. The largest absolute Gasteiger partial charge is 0.335 e. The normalized spacial score (nSPS) is 17.4. The average Bonchev–Trinajstić information content (AvgIpc) is 2.85. The van der Waals surface area contributed by atoms with Crippen molar-refractivity contribution in [2.75, 3.05) is 31.9 Å². The summed E-state index contributed by atoms with van der Waals surface area (Å²) in [7, 11) is -3.17. The van der Waals surface area contributed by atoms with Crippen molar-refractivity contribution in [2.24, 2.45) is 0 Å². The van der Waals surface area contributed by atoms with Crippen LogP contribution in [0, 0.1) is 0 Å². The van der Waals surface area contributed by atoms with Crippen molar-refractivity contribution in [3.8, 4) is 0 Å². The number of halogens is 1. The fourth-order valence-electron chi connectivity index (χ4n) is 2.14. The monoisotopic (exact) mass is 336 g/mol. The van der Waals surface area contributed by atoms with Crippen LogP contribution in [0.4, 0.5) is 0 Å². The van der Waals surface area contributed by atoms with Gasteiger partial charge in [0.25, 0.3) is 5.91 Å². The van der Waals surface area contributed by atoms with Crippen LogP contribution in [-0.4, -0.2) is 55.5 Å². The van der Waals surface area contributed by atoms with Crippen LogP contribution in [-0.2, 0) is 10.0 Å². The molecule has 0 aliphatic carbocycles. The van der Waals surface area contributed by atoms with Gasteiger partial charge < -0.3 is 4.90 Å². The van der Waals surface area contributed by atoms with E-state index in [-0.39, 0.29) is 11.7 Å². The zero-order valence-corrected chi connectivity index (χ0v) is 13.6. The van der Waals surface area contributed by atoms with Crippen LogP contribution in [0.5, 0.6) is 0 Å². The summed E-state index contributed by atoms with van der Waals surface area (Å²) in [4.78, 5) is 14.5. The van der Waals surface area contributed by atoms with E-state index >= 15 is 0 Å². The molecule has 1 aliphatic heterocycles. The Labute approximate surface area is 128 Å². The average molecular weight is 337 g/mol. The minimum absolute atomic E-state index is 0.0746. The van der Waals surface area contributed by atoms with Crippen LogP contribution in [0.15, 0.2) is 12.1 Å². The smallest absolute Gasteiger partial charge is 0.264 e. The summed E-state index contributed by atoms with van der Waals surface area (Å²) < 4.78 is 25.9. The lowest BCUT2D eigenvalue weighted by Gasteiger charge is -2.33. The number of carbonyl (C=O) groups excluding carboxylic acids is 1. The number of amides is 1. The minimum atomic E-state index is -3.17. The number of thiophene rings is 1. The predicted molar refractivity (Wildman–Crippen MR) is 80.9 cm³/mol. The van der Waals surface area contributed by atoms with Gasteiger partial charge in [0.05, 0.1) is 15.0 Å². The molecule has 1 saturated heterocycles. The van der Waals surface area contributed by atoms with Crippen molar-refractivity contribution < 1.29 is 13.2 Å². The zero-order valence-electron chi connectivity index (χ0n) is 11.2. The fraction of sp³-hybridized carbons (Fsp3) is 0.583. The second-order valence-electron chi connectivity index (χ2n) is 4.61. The van der Waals surface area contributed by atoms with Crippen molar-refractivity contribution >= 4 is 38.9 Å². The van der Waals surface area contributed by atoms with E-state index in [1.165, 1.54) is 15.6 Å². The Morgan fingerprint density at radius 1 is 1.30 bits per heavy atom. The summed E-state index contributed by atoms with van der Waals surface area (Å²) in [5.41, 5.74) is 0. The van der Waals surface area contributed by atoms with Crippen LogP contribution in [0.3, 0.4) is 0 Å². The lowest BCUT2D eigenvalue weighted by Crippen LogP contribution is -2.50. The van der Waals surface area contributed by atoms with Crippen molar-refractivity contribution in [3.05, 3.63) is 21.3 Å². The summed E-state index contributed by atoms with van der Waals surface area (Å²) in [5, 5.41) is 0. The minimum Gasteiger partial charge on any atom is -0.335 e. The second kappa shape index (κ2) is 6.43. The van der Waals surface area contributed by atoms with Gasteiger partial charge in [-0.3, -0.25) is 4.79 Å². The van der Waals surface area contributed by atoms with Crippen LogP contribution in [0.2, 0.25) is 4.34 Å². The van der Waals surface area contributed by atoms with Gasteiger partial charge in [-0.2, -0.15) is 4.31 Å². The first kappa shape index (κ1) is 15.8. The molecule has 1 amide bonds. The van der Waals surface area contributed by atoms with Crippen molar-refractivity contribution in [1.29, 1.82) is 0 Å². The number of hydrogen-bond donors (Lipinski definition) is 0. The first-order valence-electron chi connectivity index (χ1n) is 6.46. The van der Waals surface area contributed by atoms with Crippen LogP contribution in [0.25, 0.3) is 0 Å². The van der Waals surface area contributed by atoms with E-state index in [1.807, 2.05) is 6.92 Å². The highest BCUT2D eigenvalue weighted by Gasteiger charge is 2.28. The molecule has 0 bridgehead atoms. The molecule has 2 rings (SSSR count). The molecule has 0 aromatic carbocycles. The third kappa shape index (κ3) is 3.52. The maximum absolute atomic E-state index is 12.2. The van der Waals surface area contributed by atoms with Gasteiger partial charge in [0.15, 0.2) is 0 Å². The molecule has 1 fully saturated rings. The fourth-order valence-corrected chi connectivity index (χ4v) is 4.65. The maximum Gasteiger partial charge on any atom is 0.264 e. The molecule has 1 aromatic heterocycles. The van der Waals surface area contributed by atoms with E-state index in [0.717, 1.165) is 0 Å². The van der Waals surface area contributed by atoms with Crippen molar-refractivity contribution in [3.63, 3.8) is 0 Å². The van der Waals surface area contributed by atoms with Crippen molar-refractivity contribution in [2.45, 2.75) is 13.3 Å². The third-order valence-electron chi connectivity index (χ3n) is 3.17. The van der Waals surface area contributed by atoms with Gasteiger partial charge in [0, 0.05) is 26.2 Å². The standard InChI is InChI=1S/C12H17ClN2O3S2/c1-2-9-20(17,18)15-7-5-14(6-8-15)12(16)10-3-4-11(13)19-10/h3-4H,2,5-9H2,1H3. The van der Waals surface area contributed by atoms with Gasteiger partial charge in [0.2, 0.25) is 10.0 Å². The molecular weight excluding hydrogens is 320 g/mol. The SMILES string of the molecule is CCCS(=O)(=O)N1CCN(C(=O)c2ccc(Cl)s2)CC1. The molecule has 8 heteroatoms. The second-order valence-corrected chi connectivity index (χ2v) is 8.41. The van der Waals surface area contributed by atoms with Crippen molar-refractivity contribution in [1.82, 2.24) is 9.21 Å². The van der Waals surface area contributed by atoms with E-state index in [0.29, 0.717) is 41.8 Å². The highest BCUT2D eigenvalue weighted by molar-refractivity contribution is 7.89. The van der Waals surface area contributed by atoms with Gasteiger partial charge >= 0.3 is 0 Å². The molecule has 0 unspecified atom stereocenters. The first-order chi connectivity index (χ1) is 9.44. The van der Waals surface area contributed by atoms with Crippen LogP contribution >= 0.6 is 22.9 Å². The third-order valence-corrected chi connectivity index (χ3v) is 6.46. The van der Waals surface area contributed by atoms with Gasteiger partial charge in [-0.25, -0.2) is 8.42 Å². The number of hydrogen-bond acceptors (Lipinski definition) is 4. The Morgan fingerprint density at radius 3 is 2.45 bits per heavy atom. The lowest BCUT2D eigenvalue weighted by atomic mass is 10.3. The molecule has 1 aliphatic rings. The van der Waals surface area contributed by atoms with Gasteiger partial charge in [-0.15, -0.1) is 11.3 Å². The summed E-state index contributed by atoms with van der Waals surface area (Å²) in [6.45, 7) is 3.44. The first-order valence-corrected chi connectivity index (χ1v) is 9.27. The highest BCUT2D eigenvalue weighted by atomic mass is 35.5.